The molecule has 0 bridgehead atoms. The molecule has 0 radical (unpaired) electrons. The van der Waals surface area contributed by atoms with Crippen LogP contribution in [-0.2, 0) is 33.8 Å². The van der Waals surface area contributed by atoms with E-state index in [0.717, 1.165) is 40.1 Å². The number of carbonyl (C=O) groups excluding carboxylic acids is 3. The van der Waals surface area contributed by atoms with E-state index in [-0.39, 0.29) is 37.4 Å². The minimum absolute atomic E-state index is 0.0656. The van der Waals surface area contributed by atoms with E-state index in [4.69, 9.17) is 4.74 Å². The molecule has 0 aliphatic heterocycles. The average molecular weight is 636 g/mol. The lowest BCUT2D eigenvalue weighted by atomic mass is 10.0. The van der Waals surface area contributed by atoms with Crippen LogP contribution in [0.25, 0.3) is 10.8 Å². The Hall–Kier alpha value is -5.57. The molecule has 5 aromatic carbocycles. The molecule has 0 saturated heterocycles. The van der Waals surface area contributed by atoms with E-state index in [1.54, 1.807) is 31.3 Å². The van der Waals surface area contributed by atoms with Crippen LogP contribution in [0.1, 0.15) is 16.7 Å². The van der Waals surface area contributed by atoms with Gasteiger partial charge in [-0.15, -0.1) is 0 Å². The minimum Gasteiger partial charge on any atom is -0.497 e. The summed E-state index contributed by atoms with van der Waals surface area (Å²) in [7, 11) is 3.07. The third-order valence-corrected chi connectivity index (χ3v) is 7.86. The summed E-state index contributed by atoms with van der Waals surface area (Å²) >= 11 is 0. The fourth-order valence-electron chi connectivity index (χ4n) is 5.42. The predicted octanol–water partition coefficient (Wildman–Crippen LogP) is 6.09. The number of amides is 3. The Labute approximate surface area is 272 Å². The lowest BCUT2D eigenvalue weighted by Gasteiger charge is -2.27. The van der Waals surface area contributed by atoms with E-state index in [0.29, 0.717) is 11.4 Å². The number of anilines is 1. The van der Waals surface area contributed by atoms with Gasteiger partial charge in [-0.05, 0) is 63.9 Å². The number of nitrogens with zero attached hydrogens (tertiary/aromatic N) is 2. The van der Waals surface area contributed by atoms with Crippen molar-refractivity contribution >= 4 is 34.2 Å². The monoisotopic (exact) mass is 635 g/mol. The van der Waals surface area contributed by atoms with Crippen LogP contribution in [0.5, 0.6) is 5.75 Å². The second kappa shape index (κ2) is 15.1. The molecule has 0 saturated carbocycles. The summed E-state index contributed by atoms with van der Waals surface area (Å²) in [5.41, 5.74) is 2.35. The highest BCUT2D eigenvalue weighted by Crippen LogP contribution is 2.21. The first-order valence-electron chi connectivity index (χ1n) is 15.1. The molecule has 5 aromatic rings. The third-order valence-electron chi connectivity index (χ3n) is 7.86. The predicted molar refractivity (Wildman–Crippen MR) is 178 cm³/mol. The van der Waals surface area contributed by atoms with Crippen molar-refractivity contribution in [3.8, 4) is 5.75 Å². The van der Waals surface area contributed by atoms with Crippen LogP contribution in [0.3, 0.4) is 0 Å². The number of hydrogen-bond donors (Lipinski definition) is 1. The Bertz CT molecular complexity index is 1840. The van der Waals surface area contributed by atoms with Gasteiger partial charge in [0.1, 0.15) is 23.4 Å². The normalized spacial score (nSPS) is 11.5. The SMILES string of the molecule is COc1ccc(N(C)C(=O)C(Cc2cc(F)cc(F)c2)NC(=O)CN(Cc2ccccc2)C(=O)Cc2ccc3ccccc3c2)cc1. The Kier molecular flexibility index (Phi) is 10.6. The topological polar surface area (TPSA) is 79.0 Å². The highest BCUT2D eigenvalue weighted by Gasteiger charge is 2.27. The number of rotatable bonds is 12. The molecule has 7 nitrogen and oxygen atoms in total. The molecule has 0 fully saturated rings. The molecular weight excluding hydrogens is 600 g/mol. The van der Waals surface area contributed by atoms with Gasteiger partial charge in [-0.25, -0.2) is 8.78 Å². The Balaban J connectivity index is 1.37. The Morgan fingerprint density at radius 2 is 1.40 bits per heavy atom. The van der Waals surface area contributed by atoms with Gasteiger partial charge in [-0.3, -0.25) is 14.4 Å². The molecule has 1 atom stereocenters. The van der Waals surface area contributed by atoms with Crippen molar-refractivity contribution in [1.29, 1.82) is 0 Å². The van der Waals surface area contributed by atoms with Crippen molar-refractivity contribution in [3.05, 3.63) is 144 Å². The van der Waals surface area contributed by atoms with Crippen LogP contribution in [0.2, 0.25) is 0 Å². The van der Waals surface area contributed by atoms with Crippen molar-refractivity contribution < 1.29 is 27.9 Å². The number of halogens is 2. The second-order valence-corrected chi connectivity index (χ2v) is 11.3. The summed E-state index contributed by atoms with van der Waals surface area (Å²) in [5.74, 6) is -2.37. The summed E-state index contributed by atoms with van der Waals surface area (Å²) < 4.78 is 33.4. The van der Waals surface area contributed by atoms with E-state index >= 15 is 0 Å². The van der Waals surface area contributed by atoms with Gasteiger partial charge < -0.3 is 19.9 Å². The maximum atomic E-state index is 14.1. The van der Waals surface area contributed by atoms with E-state index in [9.17, 15) is 23.2 Å². The number of methoxy groups -OCH3 is 1. The maximum Gasteiger partial charge on any atom is 0.249 e. The number of carbonyl (C=O) groups is 3. The second-order valence-electron chi connectivity index (χ2n) is 11.3. The summed E-state index contributed by atoms with van der Waals surface area (Å²) in [4.78, 5) is 43.9. The standard InChI is InChI=1S/C38H35F2N3O4/c1-42(33-14-16-34(47-2)17-15-33)38(46)35(21-28-19-31(39)23-32(40)20-28)41-36(44)25-43(24-26-8-4-3-5-9-26)37(45)22-27-12-13-29-10-6-7-11-30(29)18-27/h3-20,23,35H,21-22,24-25H2,1-2H3,(H,41,44). The zero-order valence-corrected chi connectivity index (χ0v) is 26.2. The molecule has 5 rings (SSSR count). The Morgan fingerprint density at radius 1 is 0.745 bits per heavy atom. The van der Waals surface area contributed by atoms with Crippen LogP contribution in [-0.4, -0.2) is 49.4 Å². The van der Waals surface area contributed by atoms with Crippen molar-refractivity contribution in [2.24, 2.45) is 0 Å². The molecule has 0 heterocycles. The largest absolute Gasteiger partial charge is 0.497 e. The summed E-state index contributed by atoms with van der Waals surface area (Å²) in [6, 6.07) is 31.5. The lowest BCUT2D eigenvalue weighted by molar-refractivity contribution is -0.136. The quantitative estimate of drug-likeness (QED) is 0.180. The molecule has 1 N–H and O–H groups in total. The molecule has 240 valence electrons. The summed E-state index contributed by atoms with van der Waals surface area (Å²) in [6.07, 6.45) is -0.112. The first-order chi connectivity index (χ1) is 22.7. The lowest BCUT2D eigenvalue weighted by Crippen LogP contribution is -2.51. The molecule has 3 amide bonds. The first kappa shape index (κ1) is 32.8. The van der Waals surface area contributed by atoms with Gasteiger partial charge in [0, 0.05) is 31.8 Å². The molecule has 47 heavy (non-hydrogen) atoms. The number of fused-ring (bicyclic) bond motifs is 1. The molecule has 0 aliphatic carbocycles. The van der Waals surface area contributed by atoms with Crippen molar-refractivity contribution in [2.75, 3.05) is 25.6 Å². The first-order valence-corrected chi connectivity index (χ1v) is 15.1. The van der Waals surface area contributed by atoms with Crippen molar-refractivity contribution in [1.82, 2.24) is 10.2 Å². The van der Waals surface area contributed by atoms with Gasteiger partial charge in [0.15, 0.2) is 0 Å². The summed E-state index contributed by atoms with van der Waals surface area (Å²) in [6.45, 7) is -0.172. The highest BCUT2D eigenvalue weighted by molar-refractivity contribution is 5.99. The van der Waals surface area contributed by atoms with Gasteiger partial charge in [-0.2, -0.15) is 0 Å². The molecule has 0 aromatic heterocycles. The molecule has 0 aliphatic rings. The van der Waals surface area contributed by atoms with Gasteiger partial charge in [-0.1, -0.05) is 72.8 Å². The van der Waals surface area contributed by atoms with Crippen molar-refractivity contribution in [3.63, 3.8) is 0 Å². The van der Waals surface area contributed by atoms with Gasteiger partial charge in [0.2, 0.25) is 17.7 Å². The Morgan fingerprint density at radius 3 is 2.09 bits per heavy atom. The van der Waals surface area contributed by atoms with Gasteiger partial charge in [0.05, 0.1) is 20.1 Å². The third kappa shape index (κ3) is 8.79. The fraction of sp³-hybridized carbons (Fsp3) is 0.184. The fourth-order valence-corrected chi connectivity index (χ4v) is 5.42. The minimum atomic E-state index is -1.19. The van der Waals surface area contributed by atoms with E-state index in [1.807, 2.05) is 72.8 Å². The van der Waals surface area contributed by atoms with E-state index in [1.165, 1.54) is 16.9 Å². The van der Waals surface area contributed by atoms with Crippen LogP contribution < -0.4 is 15.0 Å². The number of ether oxygens (including phenoxy) is 1. The maximum absolute atomic E-state index is 14.1. The zero-order chi connectivity index (χ0) is 33.3. The zero-order valence-electron chi connectivity index (χ0n) is 26.2. The molecule has 1 unspecified atom stereocenters. The van der Waals surface area contributed by atoms with Gasteiger partial charge in [0.25, 0.3) is 0 Å². The number of likely N-dealkylation sites (N-methyl/N-ethyl adjacent to an activating group) is 1. The molecular formula is C38H35F2N3O4. The number of hydrogen-bond acceptors (Lipinski definition) is 4. The summed E-state index contributed by atoms with van der Waals surface area (Å²) in [5, 5.41) is 4.80. The van der Waals surface area contributed by atoms with E-state index < -0.39 is 29.5 Å². The smallest absolute Gasteiger partial charge is 0.249 e. The molecule has 0 spiro atoms. The van der Waals surface area contributed by atoms with Crippen LogP contribution in [0.4, 0.5) is 14.5 Å². The highest BCUT2D eigenvalue weighted by atomic mass is 19.1. The molecule has 9 heteroatoms. The average Bonchev–Trinajstić information content (AvgIpc) is 3.07. The number of benzene rings is 5. The van der Waals surface area contributed by atoms with Gasteiger partial charge >= 0.3 is 0 Å². The van der Waals surface area contributed by atoms with Crippen LogP contribution in [0.15, 0.2) is 115 Å². The van der Waals surface area contributed by atoms with Crippen LogP contribution >= 0.6 is 0 Å². The number of nitrogens with one attached hydrogen (secondary N) is 1. The van der Waals surface area contributed by atoms with E-state index in [2.05, 4.69) is 5.32 Å². The van der Waals surface area contributed by atoms with Crippen molar-refractivity contribution in [2.45, 2.75) is 25.4 Å². The van der Waals surface area contributed by atoms with Crippen LogP contribution in [0, 0.1) is 11.6 Å².